The smallest absolute Gasteiger partial charge is 0.197 e. The Labute approximate surface area is 156 Å². The van der Waals surface area contributed by atoms with Crippen molar-refractivity contribution in [3.8, 4) is 5.82 Å². The molecule has 1 N–H and O–H groups in total. The molecule has 0 aliphatic carbocycles. The minimum atomic E-state index is 0.630. The summed E-state index contributed by atoms with van der Waals surface area (Å²) in [5, 5.41) is 8.59. The van der Waals surface area contributed by atoms with E-state index >= 15 is 0 Å². The third kappa shape index (κ3) is 3.13. The van der Waals surface area contributed by atoms with Crippen LogP contribution >= 0.6 is 11.6 Å². The molecule has 0 amide bonds. The van der Waals surface area contributed by atoms with Gasteiger partial charge in [0.2, 0.25) is 0 Å². The third-order valence-electron chi connectivity index (χ3n) is 4.10. The highest BCUT2D eigenvalue weighted by Crippen LogP contribution is 2.26. The number of rotatable bonds is 3. The first-order valence-corrected chi connectivity index (χ1v) is 8.72. The summed E-state index contributed by atoms with van der Waals surface area (Å²) in [4.78, 5) is 9.56. The first kappa shape index (κ1) is 16.5. The highest BCUT2D eigenvalue weighted by Gasteiger charge is 2.15. The summed E-state index contributed by atoms with van der Waals surface area (Å²) in [6.07, 6.45) is 0. The summed E-state index contributed by atoms with van der Waals surface area (Å²) in [5.41, 5.74) is 5.55. The maximum Gasteiger partial charge on any atom is 0.197 e. The molecule has 0 atom stereocenters. The Morgan fingerprint density at radius 1 is 0.923 bits per heavy atom. The van der Waals surface area contributed by atoms with Crippen molar-refractivity contribution in [3.05, 3.63) is 70.5 Å². The van der Waals surface area contributed by atoms with Crippen molar-refractivity contribution in [1.82, 2.24) is 19.7 Å². The Balaban J connectivity index is 1.92. The lowest BCUT2D eigenvalue weighted by molar-refractivity contribution is 0.808. The van der Waals surface area contributed by atoms with Gasteiger partial charge in [-0.3, -0.25) is 0 Å². The SMILES string of the molecule is Cc1cccc(Nc2nc3ccc(Cl)cc3nc2-n2nc(C)cc2C)c1. The van der Waals surface area contributed by atoms with E-state index in [0.29, 0.717) is 16.7 Å². The van der Waals surface area contributed by atoms with Gasteiger partial charge in [-0.25, -0.2) is 14.6 Å². The van der Waals surface area contributed by atoms with Crippen LogP contribution in [0.25, 0.3) is 16.9 Å². The van der Waals surface area contributed by atoms with E-state index in [1.54, 1.807) is 4.68 Å². The molecule has 0 aliphatic heterocycles. The Morgan fingerprint density at radius 2 is 1.77 bits per heavy atom. The predicted molar refractivity (Wildman–Crippen MR) is 106 cm³/mol. The second-order valence-corrected chi connectivity index (χ2v) is 6.80. The number of anilines is 2. The van der Waals surface area contributed by atoms with Gasteiger partial charge in [0.1, 0.15) is 0 Å². The molecule has 0 spiro atoms. The molecule has 2 aromatic carbocycles. The Kier molecular flexibility index (Phi) is 4.09. The van der Waals surface area contributed by atoms with E-state index in [2.05, 4.69) is 29.5 Å². The number of nitrogens with zero attached hydrogens (tertiary/aromatic N) is 4. The van der Waals surface area contributed by atoms with Gasteiger partial charge in [-0.05, 0) is 62.7 Å². The average Bonchev–Trinajstić information content (AvgIpc) is 2.93. The zero-order valence-electron chi connectivity index (χ0n) is 14.8. The van der Waals surface area contributed by atoms with Crippen molar-refractivity contribution in [2.45, 2.75) is 20.8 Å². The molecule has 0 radical (unpaired) electrons. The lowest BCUT2D eigenvalue weighted by atomic mass is 10.2. The van der Waals surface area contributed by atoms with Crippen LogP contribution in [-0.2, 0) is 0 Å². The van der Waals surface area contributed by atoms with Gasteiger partial charge in [-0.2, -0.15) is 5.10 Å². The minimum absolute atomic E-state index is 0.630. The van der Waals surface area contributed by atoms with Crippen molar-refractivity contribution < 1.29 is 0 Å². The van der Waals surface area contributed by atoms with Crippen LogP contribution in [0.1, 0.15) is 17.0 Å². The Bertz CT molecular complexity index is 1120. The molecule has 2 heterocycles. The van der Waals surface area contributed by atoms with Gasteiger partial charge in [0.25, 0.3) is 0 Å². The zero-order valence-corrected chi connectivity index (χ0v) is 15.5. The summed E-state index contributed by atoms with van der Waals surface area (Å²) in [6.45, 7) is 6.02. The molecule has 0 bridgehead atoms. The highest BCUT2D eigenvalue weighted by molar-refractivity contribution is 6.31. The van der Waals surface area contributed by atoms with Crippen LogP contribution in [0.5, 0.6) is 0 Å². The predicted octanol–water partition coefficient (Wildman–Crippen LogP) is 5.14. The van der Waals surface area contributed by atoms with Gasteiger partial charge in [-0.15, -0.1) is 0 Å². The standard InChI is InChI=1S/C20H18ClN5/c1-12-5-4-6-16(9-12)22-19-20(26-14(3)10-13(2)25-26)24-18-11-15(21)7-8-17(18)23-19/h4-11H,1-3H3,(H,22,23). The molecule has 130 valence electrons. The maximum absolute atomic E-state index is 6.13. The Morgan fingerprint density at radius 3 is 2.50 bits per heavy atom. The number of hydrogen-bond donors (Lipinski definition) is 1. The number of aromatic nitrogens is 4. The van der Waals surface area contributed by atoms with Crippen molar-refractivity contribution >= 4 is 34.1 Å². The molecule has 6 heteroatoms. The van der Waals surface area contributed by atoms with Gasteiger partial charge >= 0.3 is 0 Å². The van der Waals surface area contributed by atoms with Gasteiger partial charge in [0.15, 0.2) is 11.6 Å². The molecule has 0 saturated heterocycles. The van der Waals surface area contributed by atoms with E-state index < -0.39 is 0 Å². The molecule has 5 nitrogen and oxygen atoms in total. The molecular formula is C20H18ClN5. The van der Waals surface area contributed by atoms with E-state index in [1.807, 2.05) is 50.2 Å². The minimum Gasteiger partial charge on any atom is -0.337 e. The van der Waals surface area contributed by atoms with Crippen LogP contribution in [0.15, 0.2) is 48.5 Å². The van der Waals surface area contributed by atoms with Crippen LogP contribution in [-0.4, -0.2) is 19.7 Å². The van der Waals surface area contributed by atoms with E-state index in [0.717, 1.165) is 28.1 Å². The van der Waals surface area contributed by atoms with Gasteiger partial charge < -0.3 is 5.32 Å². The van der Waals surface area contributed by atoms with Crippen LogP contribution < -0.4 is 5.32 Å². The summed E-state index contributed by atoms with van der Waals surface area (Å²) in [5.74, 6) is 1.29. The third-order valence-corrected chi connectivity index (χ3v) is 4.33. The number of hydrogen-bond acceptors (Lipinski definition) is 4. The van der Waals surface area contributed by atoms with Crippen LogP contribution in [0.3, 0.4) is 0 Å². The van der Waals surface area contributed by atoms with E-state index in [9.17, 15) is 0 Å². The van der Waals surface area contributed by atoms with E-state index in [1.165, 1.54) is 5.56 Å². The monoisotopic (exact) mass is 363 g/mol. The van der Waals surface area contributed by atoms with Crippen molar-refractivity contribution in [3.63, 3.8) is 0 Å². The Hall–Kier alpha value is -2.92. The van der Waals surface area contributed by atoms with Gasteiger partial charge in [0.05, 0.1) is 16.7 Å². The van der Waals surface area contributed by atoms with Crippen LogP contribution in [0.2, 0.25) is 5.02 Å². The molecule has 0 unspecified atom stereocenters. The van der Waals surface area contributed by atoms with Crippen molar-refractivity contribution in [2.75, 3.05) is 5.32 Å². The quantitative estimate of drug-likeness (QED) is 0.547. The van der Waals surface area contributed by atoms with Crippen LogP contribution in [0.4, 0.5) is 11.5 Å². The average molecular weight is 364 g/mol. The second kappa shape index (κ2) is 6.42. The summed E-state index contributed by atoms with van der Waals surface area (Å²) < 4.78 is 1.81. The molecular weight excluding hydrogens is 346 g/mol. The van der Waals surface area contributed by atoms with Crippen molar-refractivity contribution in [1.29, 1.82) is 0 Å². The summed E-state index contributed by atoms with van der Waals surface area (Å²) in [7, 11) is 0. The normalized spacial score (nSPS) is 11.1. The molecule has 0 saturated carbocycles. The second-order valence-electron chi connectivity index (χ2n) is 6.36. The molecule has 4 aromatic rings. The van der Waals surface area contributed by atoms with E-state index in [-0.39, 0.29) is 0 Å². The lowest BCUT2D eigenvalue weighted by Gasteiger charge is -2.13. The van der Waals surface area contributed by atoms with Gasteiger partial charge in [0, 0.05) is 16.4 Å². The first-order chi connectivity index (χ1) is 12.5. The fourth-order valence-electron chi connectivity index (χ4n) is 2.95. The molecule has 4 rings (SSSR count). The van der Waals surface area contributed by atoms with Crippen LogP contribution in [0, 0.1) is 20.8 Å². The summed E-state index contributed by atoms with van der Waals surface area (Å²) >= 11 is 6.13. The number of fused-ring (bicyclic) bond motifs is 1. The number of nitrogens with one attached hydrogen (secondary N) is 1. The number of aryl methyl sites for hydroxylation is 3. The molecule has 0 aliphatic rings. The summed E-state index contributed by atoms with van der Waals surface area (Å²) in [6, 6.07) is 15.7. The van der Waals surface area contributed by atoms with Gasteiger partial charge in [-0.1, -0.05) is 23.7 Å². The zero-order chi connectivity index (χ0) is 18.3. The highest BCUT2D eigenvalue weighted by atomic mass is 35.5. The molecule has 0 fully saturated rings. The maximum atomic E-state index is 6.13. The fraction of sp³-hybridized carbons (Fsp3) is 0.150. The topological polar surface area (TPSA) is 55.6 Å². The lowest BCUT2D eigenvalue weighted by Crippen LogP contribution is -2.08. The largest absolute Gasteiger partial charge is 0.337 e. The first-order valence-electron chi connectivity index (χ1n) is 8.34. The molecule has 26 heavy (non-hydrogen) atoms. The fourth-order valence-corrected chi connectivity index (χ4v) is 3.12. The number of halogens is 1. The van der Waals surface area contributed by atoms with E-state index in [4.69, 9.17) is 21.6 Å². The van der Waals surface area contributed by atoms with Crippen molar-refractivity contribution in [2.24, 2.45) is 0 Å². The molecule has 2 aromatic heterocycles. The number of benzene rings is 2.